The Morgan fingerprint density at radius 2 is 0.914 bits per heavy atom. The molecule has 0 N–H and O–H groups in total. The van der Waals surface area contributed by atoms with Crippen LogP contribution in [0.2, 0.25) is 0 Å². The highest BCUT2D eigenvalue weighted by Gasteiger charge is 2.11. The van der Waals surface area contributed by atoms with Crippen molar-refractivity contribution >= 4 is 80.1 Å². The van der Waals surface area contributed by atoms with Crippen molar-refractivity contribution in [2.75, 3.05) is 0 Å². The van der Waals surface area contributed by atoms with Crippen molar-refractivity contribution in [3.05, 3.63) is 210 Å². The molecule has 0 aliphatic carbocycles. The van der Waals surface area contributed by atoms with Crippen molar-refractivity contribution in [1.29, 1.82) is 0 Å². The zero-order chi connectivity index (χ0) is 38.8. The highest BCUT2D eigenvalue weighted by atomic mass is 15.0. The van der Waals surface area contributed by atoms with Crippen LogP contribution in [0.15, 0.2) is 193 Å². The molecule has 0 atom stereocenters. The summed E-state index contributed by atoms with van der Waals surface area (Å²) in [6.07, 6.45) is 11.6. The van der Waals surface area contributed by atoms with Gasteiger partial charge in [-0.2, -0.15) is 0 Å². The van der Waals surface area contributed by atoms with E-state index < -0.39 is 0 Å². The molecule has 10 aromatic rings. The Balaban J connectivity index is 0.998. The zero-order valence-corrected chi connectivity index (χ0v) is 32.3. The molecule has 276 valence electrons. The van der Waals surface area contributed by atoms with Crippen molar-refractivity contribution in [2.45, 2.75) is 13.3 Å². The number of hydrogen-bond acceptors (Lipinski definition) is 1. The van der Waals surface area contributed by atoms with Crippen molar-refractivity contribution in [1.82, 2.24) is 9.13 Å². The normalized spacial score (nSPS) is 12.1. The summed E-state index contributed by atoms with van der Waals surface area (Å²) < 4.78 is 4.60. The molecule has 0 bridgehead atoms. The Morgan fingerprint density at radius 3 is 1.48 bits per heavy atom. The molecule has 0 unspecified atom stereocenters. The minimum Gasteiger partial charge on any atom is -0.316 e. The van der Waals surface area contributed by atoms with E-state index in [-0.39, 0.29) is 0 Å². The van der Waals surface area contributed by atoms with E-state index in [1.807, 2.05) is 0 Å². The summed E-state index contributed by atoms with van der Waals surface area (Å²) >= 11 is 0. The standard InChI is InChI=1S/C55H41N3/c1-39-14-2-3-15-45(39)46-16-4-9-21-51(46)56-33-30-41-36-42(32-35-58-54-24-12-7-19-49(54)50-20-8-13-25-55(50)58)38-44(37-41)43-28-26-40(27-29-43)31-34-57-52-22-10-5-17-47(52)48-18-6-11-23-53(48)57/h2-29,31-38H,30H2,1H3/b34-31-,35-32+,56-33+. The van der Waals surface area contributed by atoms with E-state index >= 15 is 0 Å². The van der Waals surface area contributed by atoms with Gasteiger partial charge in [0.05, 0.1) is 27.8 Å². The van der Waals surface area contributed by atoms with Gasteiger partial charge in [-0.1, -0.05) is 152 Å². The van der Waals surface area contributed by atoms with Gasteiger partial charge in [-0.05, 0) is 94.4 Å². The first-order chi connectivity index (χ1) is 28.7. The van der Waals surface area contributed by atoms with Crippen molar-refractivity contribution in [2.24, 2.45) is 4.99 Å². The molecule has 2 aromatic heterocycles. The van der Waals surface area contributed by atoms with Gasteiger partial charge in [-0.15, -0.1) is 0 Å². The Bertz CT molecular complexity index is 3100. The van der Waals surface area contributed by atoms with Crippen molar-refractivity contribution in [3.63, 3.8) is 0 Å². The van der Waals surface area contributed by atoms with Crippen molar-refractivity contribution in [3.8, 4) is 22.3 Å². The summed E-state index contributed by atoms with van der Waals surface area (Å²) in [6, 6.07) is 67.2. The lowest BCUT2D eigenvalue weighted by Gasteiger charge is -2.10. The molecule has 3 heteroatoms. The first-order valence-electron chi connectivity index (χ1n) is 19.9. The number of aliphatic imine (C=N–C) groups is 1. The monoisotopic (exact) mass is 743 g/mol. The van der Waals surface area contributed by atoms with Crippen LogP contribution in [0.4, 0.5) is 5.69 Å². The molecule has 0 fully saturated rings. The van der Waals surface area contributed by atoms with Gasteiger partial charge in [0.2, 0.25) is 0 Å². The van der Waals surface area contributed by atoms with E-state index in [1.165, 1.54) is 71.4 Å². The average Bonchev–Trinajstić information content (AvgIpc) is 3.77. The molecule has 3 nitrogen and oxygen atoms in total. The van der Waals surface area contributed by atoms with Crippen LogP contribution in [0.25, 0.3) is 90.4 Å². The first kappa shape index (κ1) is 35.0. The predicted molar refractivity (Wildman–Crippen MR) is 250 cm³/mol. The van der Waals surface area contributed by atoms with Crippen molar-refractivity contribution < 1.29 is 0 Å². The second kappa shape index (κ2) is 15.2. The number of benzene rings is 8. The third-order valence-electron chi connectivity index (χ3n) is 11.2. The number of fused-ring (bicyclic) bond motifs is 6. The predicted octanol–water partition coefficient (Wildman–Crippen LogP) is 14.7. The second-order valence-electron chi connectivity index (χ2n) is 14.9. The van der Waals surface area contributed by atoms with Gasteiger partial charge in [0.1, 0.15) is 0 Å². The van der Waals surface area contributed by atoms with E-state index in [0.29, 0.717) is 6.42 Å². The van der Waals surface area contributed by atoms with E-state index in [1.54, 1.807) is 0 Å². The Hall–Kier alpha value is -7.49. The van der Waals surface area contributed by atoms with Gasteiger partial charge in [0.25, 0.3) is 0 Å². The maximum Gasteiger partial charge on any atom is 0.0704 e. The SMILES string of the molecule is Cc1ccccc1-c1ccccc1/N=C/Cc1cc(/C=C/n2c3ccccc3c3ccccc32)cc(-c2ccc(/C=C\n3c4ccccc4c4ccccc43)cc2)c1. The van der Waals surface area contributed by atoms with Crippen LogP contribution < -0.4 is 0 Å². The van der Waals surface area contributed by atoms with Crippen LogP contribution in [0.3, 0.4) is 0 Å². The van der Waals surface area contributed by atoms with E-state index in [9.17, 15) is 0 Å². The molecule has 0 spiro atoms. The van der Waals surface area contributed by atoms with Gasteiger partial charge < -0.3 is 9.13 Å². The molecule has 0 aliphatic rings. The molecular formula is C55H41N3. The minimum absolute atomic E-state index is 0.700. The van der Waals surface area contributed by atoms with Gasteiger partial charge in [-0.3, -0.25) is 4.99 Å². The molecular weight excluding hydrogens is 703 g/mol. The quantitative estimate of drug-likeness (QED) is 0.131. The maximum absolute atomic E-state index is 5.04. The molecule has 0 saturated carbocycles. The number of hydrogen-bond donors (Lipinski definition) is 0. The number of nitrogens with zero attached hydrogens (tertiary/aromatic N) is 3. The maximum atomic E-state index is 5.04. The lowest BCUT2D eigenvalue weighted by molar-refractivity contribution is 1.29. The Kier molecular flexibility index (Phi) is 9.17. The molecule has 58 heavy (non-hydrogen) atoms. The summed E-state index contributed by atoms with van der Waals surface area (Å²) in [7, 11) is 0. The van der Waals surface area contributed by atoms with E-state index in [2.05, 4.69) is 235 Å². The van der Waals surface area contributed by atoms with Crippen LogP contribution in [0.1, 0.15) is 22.3 Å². The smallest absolute Gasteiger partial charge is 0.0704 e. The fourth-order valence-corrected chi connectivity index (χ4v) is 8.37. The van der Waals surface area contributed by atoms with E-state index in [0.717, 1.165) is 22.4 Å². The Labute approximate surface area is 338 Å². The zero-order valence-electron chi connectivity index (χ0n) is 32.3. The Morgan fingerprint density at radius 1 is 0.431 bits per heavy atom. The highest BCUT2D eigenvalue weighted by molar-refractivity contribution is 6.10. The summed E-state index contributed by atoms with van der Waals surface area (Å²) in [4.78, 5) is 5.04. The summed E-state index contributed by atoms with van der Waals surface area (Å²) in [6.45, 7) is 2.16. The first-order valence-corrected chi connectivity index (χ1v) is 19.9. The second-order valence-corrected chi connectivity index (χ2v) is 14.9. The van der Waals surface area contributed by atoms with E-state index in [4.69, 9.17) is 4.99 Å². The average molecular weight is 744 g/mol. The van der Waals surface area contributed by atoms with Crippen LogP contribution in [0, 0.1) is 6.92 Å². The molecule has 2 heterocycles. The number of para-hydroxylation sites is 5. The van der Waals surface area contributed by atoms with Gasteiger partial charge in [-0.25, -0.2) is 0 Å². The largest absolute Gasteiger partial charge is 0.316 e. The van der Waals surface area contributed by atoms with Crippen LogP contribution >= 0.6 is 0 Å². The molecule has 0 amide bonds. The van der Waals surface area contributed by atoms with Crippen LogP contribution in [0.5, 0.6) is 0 Å². The molecule has 0 aliphatic heterocycles. The highest BCUT2D eigenvalue weighted by Crippen LogP contribution is 2.34. The number of aryl methyl sites for hydroxylation is 1. The third kappa shape index (κ3) is 6.63. The fraction of sp³-hybridized carbons (Fsp3) is 0.0364. The van der Waals surface area contributed by atoms with Crippen LogP contribution in [-0.2, 0) is 6.42 Å². The summed E-state index contributed by atoms with van der Waals surface area (Å²) in [5, 5.41) is 5.04. The number of aromatic nitrogens is 2. The minimum atomic E-state index is 0.700. The van der Waals surface area contributed by atoms with Crippen LogP contribution in [-0.4, -0.2) is 15.3 Å². The lowest BCUT2D eigenvalue weighted by atomic mass is 9.97. The molecule has 0 saturated heterocycles. The van der Waals surface area contributed by atoms with Gasteiger partial charge in [0, 0.05) is 52.1 Å². The number of rotatable bonds is 9. The molecule has 8 aromatic carbocycles. The van der Waals surface area contributed by atoms with Gasteiger partial charge >= 0.3 is 0 Å². The molecule has 0 radical (unpaired) electrons. The topological polar surface area (TPSA) is 22.2 Å². The lowest BCUT2D eigenvalue weighted by Crippen LogP contribution is -1.91. The third-order valence-corrected chi connectivity index (χ3v) is 11.2. The summed E-state index contributed by atoms with van der Waals surface area (Å²) in [5.41, 5.74) is 15.2. The summed E-state index contributed by atoms with van der Waals surface area (Å²) in [5.74, 6) is 0. The van der Waals surface area contributed by atoms with Gasteiger partial charge in [0.15, 0.2) is 0 Å². The molecule has 10 rings (SSSR count). The fourth-order valence-electron chi connectivity index (χ4n) is 8.37.